The summed E-state index contributed by atoms with van der Waals surface area (Å²) in [5.74, 6) is 0. The van der Waals surface area contributed by atoms with Crippen LogP contribution in [0, 0.1) is 6.92 Å². The first-order valence-electron chi connectivity index (χ1n) is 18.3. The van der Waals surface area contributed by atoms with Crippen molar-refractivity contribution < 1.29 is 0 Å². The van der Waals surface area contributed by atoms with E-state index in [2.05, 4.69) is 200 Å². The van der Waals surface area contributed by atoms with E-state index in [0.717, 1.165) is 38.7 Å². The molecule has 2 nitrogen and oxygen atoms in total. The Morgan fingerprint density at radius 2 is 1.09 bits per heavy atom. The largest absolute Gasteiger partial charge is 0.310 e. The molecule has 0 aliphatic heterocycles. The molecular formula is C51H36N2. The summed E-state index contributed by atoms with van der Waals surface area (Å²) in [4.78, 5) is 7.39. The van der Waals surface area contributed by atoms with Crippen molar-refractivity contribution in [2.24, 2.45) is 0 Å². The predicted molar refractivity (Wildman–Crippen MR) is 221 cm³/mol. The normalized spacial score (nSPS) is 14.6. The lowest BCUT2D eigenvalue weighted by Gasteiger charge is -2.35. The molecule has 8 aromatic carbocycles. The highest BCUT2D eigenvalue weighted by Crippen LogP contribution is 2.57. The molecule has 0 bridgehead atoms. The highest BCUT2D eigenvalue weighted by molar-refractivity contribution is 6.13. The van der Waals surface area contributed by atoms with Crippen LogP contribution in [0.2, 0.25) is 0 Å². The minimum Gasteiger partial charge on any atom is -0.310 e. The molecule has 1 atom stereocenters. The van der Waals surface area contributed by atoms with Gasteiger partial charge in [-0.25, -0.2) is 0 Å². The smallest absolute Gasteiger partial charge is 0.0801 e. The van der Waals surface area contributed by atoms with Crippen LogP contribution in [0.3, 0.4) is 0 Å². The molecule has 0 N–H and O–H groups in total. The number of anilines is 3. The molecule has 2 heteroatoms. The summed E-state index contributed by atoms with van der Waals surface area (Å²) in [7, 11) is 0. The molecule has 0 amide bonds. The summed E-state index contributed by atoms with van der Waals surface area (Å²) in [6, 6.07) is 71.0. The molecule has 0 saturated heterocycles. The van der Waals surface area contributed by atoms with Crippen LogP contribution in [0.1, 0.15) is 27.8 Å². The lowest BCUT2D eigenvalue weighted by atomic mass is 9.67. The van der Waals surface area contributed by atoms with Gasteiger partial charge in [0.05, 0.1) is 16.6 Å². The van der Waals surface area contributed by atoms with Crippen molar-refractivity contribution in [3.05, 3.63) is 228 Å². The van der Waals surface area contributed by atoms with Gasteiger partial charge in [0.1, 0.15) is 0 Å². The fourth-order valence-corrected chi connectivity index (χ4v) is 8.63. The summed E-state index contributed by atoms with van der Waals surface area (Å²) >= 11 is 0. The Labute approximate surface area is 310 Å². The van der Waals surface area contributed by atoms with E-state index in [0.29, 0.717) is 0 Å². The summed E-state index contributed by atoms with van der Waals surface area (Å²) in [6.07, 6.45) is 1.90. The first-order chi connectivity index (χ1) is 26.2. The maximum absolute atomic E-state index is 4.96. The summed E-state index contributed by atoms with van der Waals surface area (Å²) in [5.41, 5.74) is 15.0. The van der Waals surface area contributed by atoms with Crippen molar-refractivity contribution in [3.8, 4) is 22.3 Å². The third-order valence-corrected chi connectivity index (χ3v) is 11.0. The lowest BCUT2D eigenvalue weighted by Crippen LogP contribution is -2.28. The highest BCUT2D eigenvalue weighted by Gasteiger charge is 2.46. The van der Waals surface area contributed by atoms with Crippen molar-refractivity contribution in [3.63, 3.8) is 0 Å². The van der Waals surface area contributed by atoms with Gasteiger partial charge in [0.15, 0.2) is 0 Å². The summed E-state index contributed by atoms with van der Waals surface area (Å²) < 4.78 is 0. The molecule has 0 fully saturated rings. The van der Waals surface area contributed by atoms with Gasteiger partial charge in [-0.3, -0.25) is 4.98 Å². The molecule has 1 aliphatic carbocycles. The van der Waals surface area contributed by atoms with Gasteiger partial charge in [-0.15, -0.1) is 0 Å². The molecule has 9 aromatic rings. The molecule has 1 aromatic heterocycles. The number of hydrogen-bond acceptors (Lipinski definition) is 2. The second-order valence-corrected chi connectivity index (χ2v) is 14.0. The fraction of sp³-hybridized carbons (Fsp3) is 0.0392. The van der Waals surface area contributed by atoms with Crippen molar-refractivity contribution >= 4 is 38.7 Å². The Bertz CT molecular complexity index is 2770. The van der Waals surface area contributed by atoms with Crippen LogP contribution in [0.25, 0.3) is 43.9 Å². The van der Waals surface area contributed by atoms with Crippen LogP contribution in [0.15, 0.2) is 200 Å². The Kier molecular flexibility index (Phi) is 7.30. The van der Waals surface area contributed by atoms with E-state index >= 15 is 0 Å². The van der Waals surface area contributed by atoms with E-state index in [1.54, 1.807) is 0 Å². The third-order valence-electron chi connectivity index (χ3n) is 11.0. The van der Waals surface area contributed by atoms with Gasteiger partial charge in [-0.05, 0) is 93.2 Å². The Balaban J connectivity index is 1.27. The Morgan fingerprint density at radius 3 is 1.91 bits per heavy atom. The Morgan fingerprint density at radius 1 is 0.453 bits per heavy atom. The number of hydrogen-bond donors (Lipinski definition) is 0. The van der Waals surface area contributed by atoms with Gasteiger partial charge in [0, 0.05) is 28.3 Å². The van der Waals surface area contributed by atoms with Gasteiger partial charge in [-0.2, -0.15) is 0 Å². The molecule has 0 spiro atoms. The number of nitrogens with zero attached hydrogens (tertiary/aromatic N) is 2. The zero-order valence-corrected chi connectivity index (χ0v) is 29.4. The minimum absolute atomic E-state index is 0.507. The number of aromatic nitrogens is 1. The number of pyridine rings is 1. The van der Waals surface area contributed by atoms with Crippen molar-refractivity contribution in [1.82, 2.24) is 4.98 Å². The second kappa shape index (κ2) is 12.5. The van der Waals surface area contributed by atoms with Gasteiger partial charge in [0.25, 0.3) is 0 Å². The van der Waals surface area contributed by atoms with Crippen molar-refractivity contribution in [1.29, 1.82) is 0 Å². The van der Waals surface area contributed by atoms with Gasteiger partial charge in [-0.1, -0.05) is 163 Å². The number of benzene rings is 8. The first kappa shape index (κ1) is 31.0. The molecular weight excluding hydrogens is 641 g/mol. The number of rotatable bonds is 6. The second-order valence-electron chi connectivity index (χ2n) is 14.0. The quantitative estimate of drug-likeness (QED) is 0.163. The maximum atomic E-state index is 4.96. The number of aryl methyl sites for hydroxylation is 1. The maximum Gasteiger partial charge on any atom is 0.0801 e. The van der Waals surface area contributed by atoms with Crippen LogP contribution < -0.4 is 4.90 Å². The predicted octanol–water partition coefficient (Wildman–Crippen LogP) is 13.2. The van der Waals surface area contributed by atoms with E-state index < -0.39 is 5.41 Å². The minimum atomic E-state index is -0.507. The van der Waals surface area contributed by atoms with Gasteiger partial charge >= 0.3 is 0 Å². The van der Waals surface area contributed by atoms with E-state index in [4.69, 9.17) is 4.98 Å². The lowest BCUT2D eigenvalue weighted by molar-refractivity contribution is 0.768. The van der Waals surface area contributed by atoms with Crippen molar-refractivity contribution in [2.45, 2.75) is 12.3 Å². The Hall–Kier alpha value is -6.77. The third kappa shape index (κ3) is 4.91. The van der Waals surface area contributed by atoms with E-state index in [1.807, 2.05) is 12.3 Å². The topological polar surface area (TPSA) is 16.1 Å². The van der Waals surface area contributed by atoms with Crippen molar-refractivity contribution in [2.75, 3.05) is 4.90 Å². The van der Waals surface area contributed by atoms with E-state index in [9.17, 15) is 0 Å². The van der Waals surface area contributed by atoms with E-state index in [-0.39, 0.29) is 0 Å². The van der Waals surface area contributed by atoms with Crippen LogP contribution in [0.5, 0.6) is 0 Å². The fourth-order valence-electron chi connectivity index (χ4n) is 8.63. The van der Waals surface area contributed by atoms with Crippen LogP contribution in [-0.4, -0.2) is 4.98 Å². The standard InChI is InChI=1S/C51H36N2/c1-35-21-27-41(28-22-35)51(40-16-6-3-7-17-40)46-19-9-8-18-44(46)45-32-31-43(34-47(45)51)53(42-29-25-37(26-30-42)36-12-4-2-5-13-36)48-20-10-14-38-23-24-39-15-11-33-52-50(39)49(38)48/h2-34H,1H3. The molecule has 10 rings (SSSR count). The zero-order valence-electron chi connectivity index (χ0n) is 29.4. The van der Waals surface area contributed by atoms with E-state index in [1.165, 1.54) is 50.1 Å². The van der Waals surface area contributed by atoms with Crippen LogP contribution >= 0.6 is 0 Å². The highest BCUT2D eigenvalue weighted by atomic mass is 15.1. The monoisotopic (exact) mass is 676 g/mol. The van der Waals surface area contributed by atoms with Gasteiger partial charge < -0.3 is 4.90 Å². The van der Waals surface area contributed by atoms with Crippen LogP contribution in [0.4, 0.5) is 17.1 Å². The average Bonchev–Trinajstić information content (AvgIpc) is 3.52. The molecule has 0 radical (unpaired) electrons. The van der Waals surface area contributed by atoms with Gasteiger partial charge in [0.2, 0.25) is 0 Å². The first-order valence-corrected chi connectivity index (χ1v) is 18.3. The average molecular weight is 677 g/mol. The zero-order chi connectivity index (χ0) is 35.4. The summed E-state index contributed by atoms with van der Waals surface area (Å²) in [6.45, 7) is 2.16. The van der Waals surface area contributed by atoms with Crippen LogP contribution in [-0.2, 0) is 5.41 Å². The summed E-state index contributed by atoms with van der Waals surface area (Å²) in [5, 5.41) is 3.42. The molecule has 250 valence electrons. The molecule has 1 unspecified atom stereocenters. The molecule has 53 heavy (non-hydrogen) atoms. The molecule has 0 saturated carbocycles. The molecule has 1 aliphatic rings. The number of fused-ring (bicyclic) bond motifs is 6. The molecule has 1 heterocycles. The SMILES string of the molecule is Cc1ccc(C2(c3ccccc3)c3ccccc3-c3ccc(N(c4ccc(-c5ccccc5)cc4)c4cccc5ccc6cccnc6c45)cc32)cc1.